The topological polar surface area (TPSA) is 43.8 Å². The molecule has 0 fully saturated rings. The Labute approximate surface area is 172 Å². The molecule has 0 saturated carbocycles. The fourth-order valence-electron chi connectivity index (χ4n) is 3.66. The quantitative estimate of drug-likeness (QED) is 0.507. The van der Waals surface area contributed by atoms with E-state index in [4.69, 9.17) is 16.7 Å². The average Bonchev–Trinajstić information content (AvgIpc) is 2.82. The number of unbranched alkanes of at least 4 members (excludes halogenated alkanes) is 1. The van der Waals surface area contributed by atoms with Gasteiger partial charge >= 0.3 is 5.97 Å². The summed E-state index contributed by atoms with van der Waals surface area (Å²) >= 11 is 6.33. The Kier molecular flexibility index (Phi) is 7.12. The predicted octanol–water partition coefficient (Wildman–Crippen LogP) is 4.74. The minimum Gasteiger partial charge on any atom is -0.478 e. The normalized spacial score (nSPS) is 16.2. The Hall–Kier alpha value is -2.30. The number of aliphatic carboxylic acids is 1. The monoisotopic (exact) mass is 398 g/mol. The molecule has 2 aliphatic rings. The van der Waals surface area contributed by atoms with E-state index in [1.807, 2.05) is 7.05 Å². The molecule has 0 spiro atoms. The van der Waals surface area contributed by atoms with Crippen molar-refractivity contribution < 1.29 is 9.90 Å². The number of fused-ring (bicyclic) bond motifs is 2. The Morgan fingerprint density at radius 3 is 2.89 bits per heavy atom. The van der Waals surface area contributed by atoms with Crippen molar-refractivity contribution >= 4 is 23.3 Å². The summed E-state index contributed by atoms with van der Waals surface area (Å²) in [6.07, 6.45) is 13.3. The number of hydrogen-bond donors (Lipinski definition) is 1. The van der Waals surface area contributed by atoms with Gasteiger partial charge in [0.1, 0.15) is 0 Å². The van der Waals surface area contributed by atoms with Gasteiger partial charge in [-0.25, -0.2) is 4.79 Å². The summed E-state index contributed by atoms with van der Waals surface area (Å²) < 4.78 is 0. The first kappa shape index (κ1) is 20.4. The molecule has 148 valence electrons. The number of anilines is 1. The molecule has 0 unspecified atom stereocenters. The minimum absolute atomic E-state index is 0.650. The highest BCUT2D eigenvalue weighted by Crippen LogP contribution is 2.36. The second-order valence-corrected chi connectivity index (χ2v) is 7.68. The van der Waals surface area contributed by atoms with Gasteiger partial charge in [-0.05, 0) is 62.6 Å². The van der Waals surface area contributed by atoms with Crippen molar-refractivity contribution in [3.05, 3.63) is 76.5 Å². The molecule has 0 radical (unpaired) electrons. The number of hydrogen-bond acceptors (Lipinski definition) is 3. The summed E-state index contributed by atoms with van der Waals surface area (Å²) in [5.41, 5.74) is 5.17. The van der Waals surface area contributed by atoms with Crippen LogP contribution in [0.3, 0.4) is 0 Å². The second kappa shape index (κ2) is 9.76. The van der Waals surface area contributed by atoms with Crippen LogP contribution in [-0.2, 0) is 11.2 Å². The number of likely N-dealkylation sites (N-methyl/N-ethyl adjacent to an activating group) is 1. The number of carbonyl (C=O) groups is 1. The van der Waals surface area contributed by atoms with Gasteiger partial charge in [-0.3, -0.25) is 0 Å². The van der Waals surface area contributed by atoms with Crippen LogP contribution in [0.15, 0.2) is 70.9 Å². The maximum atomic E-state index is 10.5. The molecule has 28 heavy (non-hydrogen) atoms. The number of allylic oxidation sites excluding steroid dienone is 5. The predicted molar refractivity (Wildman–Crippen MR) is 116 cm³/mol. The first-order valence-electron chi connectivity index (χ1n) is 9.75. The fourth-order valence-corrected chi connectivity index (χ4v) is 3.84. The molecule has 3 rings (SSSR count). The molecule has 1 aromatic carbocycles. The van der Waals surface area contributed by atoms with Gasteiger partial charge in [0.05, 0.1) is 0 Å². The van der Waals surface area contributed by atoms with Crippen LogP contribution in [0.1, 0.15) is 24.8 Å². The van der Waals surface area contributed by atoms with Crippen LogP contribution in [0.25, 0.3) is 0 Å². The molecule has 0 amide bonds. The maximum absolute atomic E-state index is 10.5. The largest absolute Gasteiger partial charge is 0.478 e. The van der Waals surface area contributed by atoms with Crippen LogP contribution < -0.4 is 4.90 Å². The van der Waals surface area contributed by atoms with Gasteiger partial charge in [-0.15, -0.1) is 0 Å². The lowest BCUT2D eigenvalue weighted by atomic mass is 10.0. The molecule has 4 nitrogen and oxygen atoms in total. The van der Waals surface area contributed by atoms with E-state index in [-0.39, 0.29) is 0 Å². The van der Waals surface area contributed by atoms with Gasteiger partial charge in [-0.2, -0.15) is 0 Å². The summed E-state index contributed by atoms with van der Waals surface area (Å²) in [5, 5.41) is 9.47. The van der Waals surface area contributed by atoms with Gasteiger partial charge in [0, 0.05) is 35.6 Å². The van der Waals surface area contributed by atoms with Gasteiger partial charge in [0.15, 0.2) is 0 Å². The van der Waals surface area contributed by atoms with Crippen molar-refractivity contribution in [1.29, 1.82) is 0 Å². The second-order valence-electron chi connectivity index (χ2n) is 7.25. The highest BCUT2D eigenvalue weighted by atomic mass is 35.5. The molecular weight excluding hydrogens is 372 g/mol. The number of nitrogens with zero attached hydrogens (tertiary/aromatic N) is 2. The fraction of sp³-hybridized carbons (Fsp3) is 0.348. The van der Waals surface area contributed by atoms with Crippen molar-refractivity contribution in [2.24, 2.45) is 0 Å². The number of carboxylic acids is 1. The molecule has 5 heteroatoms. The van der Waals surface area contributed by atoms with E-state index in [0.29, 0.717) is 6.54 Å². The lowest BCUT2D eigenvalue weighted by molar-refractivity contribution is -0.131. The summed E-state index contributed by atoms with van der Waals surface area (Å²) in [5.74, 6) is -0.898. The van der Waals surface area contributed by atoms with Crippen molar-refractivity contribution in [3.8, 4) is 0 Å². The molecule has 0 atom stereocenters. The van der Waals surface area contributed by atoms with E-state index in [1.165, 1.54) is 28.6 Å². The number of benzene rings is 1. The number of rotatable bonds is 8. The third kappa shape index (κ3) is 5.37. The Morgan fingerprint density at radius 1 is 1.25 bits per heavy atom. The first-order valence-corrected chi connectivity index (χ1v) is 10.1. The third-order valence-corrected chi connectivity index (χ3v) is 5.37. The van der Waals surface area contributed by atoms with Gasteiger partial charge in [0.2, 0.25) is 0 Å². The number of carboxylic acid groups (broad SMARTS) is 1. The minimum atomic E-state index is -0.898. The number of halogens is 1. The van der Waals surface area contributed by atoms with Gasteiger partial charge in [0.25, 0.3) is 0 Å². The Balaban J connectivity index is 1.64. The van der Waals surface area contributed by atoms with E-state index >= 15 is 0 Å². The molecule has 1 aliphatic heterocycles. The maximum Gasteiger partial charge on any atom is 0.328 e. The van der Waals surface area contributed by atoms with Gasteiger partial charge in [-0.1, -0.05) is 48.0 Å². The average molecular weight is 399 g/mol. The van der Waals surface area contributed by atoms with Crippen LogP contribution >= 0.6 is 11.6 Å². The number of para-hydroxylation sites is 1. The van der Waals surface area contributed by atoms with Crippen molar-refractivity contribution in [1.82, 2.24) is 4.90 Å². The van der Waals surface area contributed by atoms with Crippen LogP contribution in [-0.4, -0.2) is 42.7 Å². The zero-order valence-electron chi connectivity index (χ0n) is 16.3. The first-order chi connectivity index (χ1) is 13.5. The SMILES string of the molecule is CN(C/C=C/C(=O)O)CCCCN1C2=CC(Cl)=CCC2=CCc2ccccc21. The van der Waals surface area contributed by atoms with Crippen molar-refractivity contribution in [3.63, 3.8) is 0 Å². The van der Waals surface area contributed by atoms with E-state index in [2.05, 4.69) is 52.3 Å². The standard InChI is InChI=1S/C23H27ClN2O2/c1-25(15-6-9-23(27)28)14-4-5-16-26-21-8-3-2-7-18(21)10-11-19-12-13-20(24)17-22(19)26/h2-3,6-9,11,13,17H,4-5,10,12,14-16H2,1H3,(H,27,28)/b9-6+. The van der Waals surface area contributed by atoms with Crippen LogP contribution in [0, 0.1) is 0 Å². The lowest BCUT2D eigenvalue weighted by Gasteiger charge is -2.30. The smallest absolute Gasteiger partial charge is 0.328 e. The summed E-state index contributed by atoms with van der Waals surface area (Å²) in [4.78, 5) is 15.1. The molecule has 1 heterocycles. The zero-order valence-corrected chi connectivity index (χ0v) is 17.0. The zero-order chi connectivity index (χ0) is 19.9. The van der Waals surface area contributed by atoms with Crippen LogP contribution in [0.2, 0.25) is 0 Å². The third-order valence-electron chi connectivity index (χ3n) is 5.11. The summed E-state index contributed by atoms with van der Waals surface area (Å²) in [6.45, 7) is 2.52. The lowest BCUT2D eigenvalue weighted by Crippen LogP contribution is -2.27. The molecule has 1 aliphatic carbocycles. The van der Waals surface area contributed by atoms with E-state index in [9.17, 15) is 4.79 Å². The summed E-state index contributed by atoms with van der Waals surface area (Å²) in [6, 6.07) is 8.60. The highest BCUT2D eigenvalue weighted by Gasteiger charge is 2.22. The van der Waals surface area contributed by atoms with Gasteiger partial charge < -0.3 is 14.9 Å². The van der Waals surface area contributed by atoms with E-state index in [0.717, 1.165) is 43.8 Å². The molecular formula is C23H27ClN2O2. The van der Waals surface area contributed by atoms with E-state index < -0.39 is 5.97 Å². The Bertz CT molecular complexity index is 839. The summed E-state index contributed by atoms with van der Waals surface area (Å²) in [7, 11) is 2.02. The molecule has 1 N–H and O–H groups in total. The molecule has 0 aromatic heterocycles. The molecule has 1 aromatic rings. The molecule has 0 saturated heterocycles. The Morgan fingerprint density at radius 2 is 2.07 bits per heavy atom. The van der Waals surface area contributed by atoms with Crippen LogP contribution in [0.5, 0.6) is 0 Å². The molecule has 0 bridgehead atoms. The van der Waals surface area contributed by atoms with E-state index in [1.54, 1.807) is 6.08 Å². The van der Waals surface area contributed by atoms with Crippen molar-refractivity contribution in [2.45, 2.75) is 25.7 Å². The van der Waals surface area contributed by atoms with Crippen LogP contribution in [0.4, 0.5) is 5.69 Å². The van der Waals surface area contributed by atoms with Crippen molar-refractivity contribution in [2.75, 3.05) is 31.6 Å². The highest BCUT2D eigenvalue weighted by molar-refractivity contribution is 6.31.